The summed E-state index contributed by atoms with van der Waals surface area (Å²) in [5.41, 5.74) is 0.100. The molecule has 26 heavy (non-hydrogen) atoms. The second-order valence-electron chi connectivity index (χ2n) is 5.95. The van der Waals surface area contributed by atoms with Gasteiger partial charge in [-0.3, -0.25) is 9.59 Å². The average Bonchev–Trinajstić information content (AvgIpc) is 3.22. The summed E-state index contributed by atoms with van der Waals surface area (Å²) in [5.74, 6) is -1.34. The SMILES string of the molecule is O=C(CCc1ncc(-c2ccc(F)cc2F)o1)OCCN1CCCC1=O. The smallest absolute Gasteiger partial charge is 0.306 e. The van der Waals surface area contributed by atoms with Gasteiger partial charge in [0.15, 0.2) is 11.7 Å². The number of aromatic nitrogens is 1. The molecule has 0 N–H and O–H groups in total. The molecule has 1 aromatic heterocycles. The van der Waals surface area contributed by atoms with Gasteiger partial charge >= 0.3 is 5.97 Å². The van der Waals surface area contributed by atoms with Crippen LogP contribution in [-0.4, -0.2) is 41.5 Å². The number of likely N-dealkylation sites (tertiary alicyclic amines) is 1. The molecule has 2 heterocycles. The molecule has 0 saturated carbocycles. The van der Waals surface area contributed by atoms with Crippen molar-refractivity contribution in [2.45, 2.75) is 25.7 Å². The molecule has 1 aliphatic rings. The van der Waals surface area contributed by atoms with E-state index in [0.717, 1.165) is 18.6 Å². The van der Waals surface area contributed by atoms with Gasteiger partial charge in [-0.05, 0) is 18.6 Å². The van der Waals surface area contributed by atoms with E-state index in [2.05, 4.69) is 4.98 Å². The van der Waals surface area contributed by atoms with Crippen LogP contribution in [0, 0.1) is 11.6 Å². The normalized spacial score (nSPS) is 14.1. The molecule has 8 heteroatoms. The third kappa shape index (κ3) is 4.44. The van der Waals surface area contributed by atoms with Gasteiger partial charge in [0.2, 0.25) is 5.91 Å². The molecule has 2 aromatic rings. The average molecular weight is 364 g/mol. The molecule has 0 bridgehead atoms. The Balaban J connectivity index is 1.45. The van der Waals surface area contributed by atoms with E-state index in [1.807, 2.05) is 0 Å². The number of amides is 1. The van der Waals surface area contributed by atoms with Crippen molar-refractivity contribution in [3.05, 3.63) is 41.9 Å². The minimum Gasteiger partial charge on any atom is -0.464 e. The first-order valence-electron chi connectivity index (χ1n) is 8.36. The quantitative estimate of drug-likeness (QED) is 0.707. The van der Waals surface area contributed by atoms with Crippen molar-refractivity contribution in [3.63, 3.8) is 0 Å². The summed E-state index contributed by atoms with van der Waals surface area (Å²) in [4.78, 5) is 28.8. The maximum atomic E-state index is 13.7. The lowest BCUT2D eigenvalue weighted by Gasteiger charge is -2.14. The molecule has 1 fully saturated rings. The predicted molar refractivity (Wildman–Crippen MR) is 86.9 cm³/mol. The highest BCUT2D eigenvalue weighted by molar-refractivity contribution is 5.78. The molecule has 1 aliphatic heterocycles. The van der Waals surface area contributed by atoms with Crippen molar-refractivity contribution in [1.29, 1.82) is 0 Å². The molecule has 0 radical (unpaired) electrons. The van der Waals surface area contributed by atoms with Gasteiger partial charge in [0.25, 0.3) is 0 Å². The maximum absolute atomic E-state index is 13.7. The number of aryl methyl sites for hydroxylation is 1. The molecular formula is C18H18F2N2O4. The summed E-state index contributed by atoms with van der Waals surface area (Å²) >= 11 is 0. The molecule has 1 saturated heterocycles. The Kier molecular flexibility index (Phi) is 5.60. The fourth-order valence-electron chi connectivity index (χ4n) is 2.73. The topological polar surface area (TPSA) is 72.6 Å². The van der Waals surface area contributed by atoms with Crippen LogP contribution in [0.3, 0.4) is 0 Å². The van der Waals surface area contributed by atoms with Gasteiger partial charge in [0.05, 0.1) is 24.7 Å². The summed E-state index contributed by atoms with van der Waals surface area (Å²) in [6, 6.07) is 3.16. The van der Waals surface area contributed by atoms with Crippen molar-refractivity contribution >= 4 is 11.9 Å². The highest BCUT2D eigenvalue weighted by Crippen LogP contribution is 2.24. The Morgan fingerprint density at radius 2 is 2.19 bits per heavy atom. The molecule has 1 aromatic carbocycles. The number of carbonyl (C=O) groups is 2. The number of hydrogen-bond donors (Lipinski definition) is 0. The minimum atomic E-state index is -0.747. The largest absolute Gasteiger partial charge is 0.464 e. The Morgan fingerprint density at radius 3 is 2.92 bits per heavy atom. The first-order valence-corrected chi connectivity index (χ1v) is 8.36. The van der Waals surface area contributed by atoms with Crippen LogP contribution in [0.4, 0.5) is 8.78 Å². The van der Waals surface area contributed by atoms with Crippen LogP contribution < -0.4 is 0 Å². The van der Waals surface area contributed by atoms with E-state index in [9.17, 15) is 18.4 Å². The second-order valence-corrected chi connectivity index (χ2v) is 5.95. The minimum absolute atomic E-state index is 0.0554. The van der Waals surface area contributed by atoms with Crippen LogP contribution in [0.15, 0.2) is 28.8 Å². The Hall–Kier alpha value is -2.77. The van der Waals surface area contributed by atoms with E-state index >= 15 is 0 Å². The number of halogens is 2. The van der Waals surface area contributed by atoms with Crippen LogP contribution >= 0.6 is 0 Å². The zero-order valence-electron chi connectivity index (χ0n) is 14.0. The van der Waals surface area contributed by atoms with E-state index in [4.69, 9.17) is 9.15 Å². The van der Waals surface area contributed by atoms with Crippen molar-refractivity contribution in [2.24, 2.45) is 0 Å². The fraction of sp³-hybridized carbons (Fsp3) is 0.389. The van der Waals surface area contributed by atoms with Gasteiger partial charge in [-0.1, -0.05) is 0 Å². The molecular weight excluding hydrogens is 346 g/mol. The Morgan fingerprint density at radius 1 is 1.35 bits per heavy atom. The van der Waals surface area contributed by atoms with Crippen molar-refractivity contribution in [3.8, 4) is 11.3 Å². The number of esters is 1. The number of nitrogens with zero attached hydrogens (tertiary/aromatic N) is 2. The molecule has 1 amide bonds. The van der Waals surface area contributed by atoms with E-state index in [-0.39, 0.29) is 42.6 Å². The Labute approximate surface area is 148 Å². The van der Waals surface area contributed by atoms with E-state index in [1.165, 1.54) is 12.3 Å². The third-order valence-corrected chi connectivity index (χ3v) is 4.09. The molecule has 0 unspecified atom stereocenters. The summed E-state index contributed by atoms with van der Waals surface area (Å²) in [6.45, 7) is 1.26. The highest BCUT2D eigenvalue weighted by atomic mass is 19.1. The summed E-state index contributed by atoms with van der Waals surface area (Å²) in [6.07, 6.45) is 2.98. The number of rotatable bonds is 7. The summed E-state index contributed by atoms with van der Waals surface area (Å²) in [5, 5.41) is 0. The molecule has 138 valence electrons. The van der Waals surface area contributed by atoms with Gasteiger partial charge < -0.3 is 14.1 Å². The maximum Gasteiger partial charge on any atom is 0.306 e. The number of hydrogen-bond acceptors (Lipinski definition) is 5. The molecule has 0 aliphatic carbocycles. The Bertz CT molecular complexity index is 806. The third-order valence-electron chi connectivity index (χ3n) is 4.09. The molecule has 6 nitrogen and oxygen atoms in total. The van der Waals surface area contributed by atoms with Gasteiger partial charge in [0, 0.05) is 25.5 Å². The van der Waals surface area contributed by atoms with Crippen molar-refractivity contribution in [2.75, 3.05) is 19.7 Å². The number of carbonyl (C=O) groups excluding carboxylic acids is 2. The lowest BCUT2D eigenvalue weighted by molar-refractivity contribution is -0.145. The van der Waals surface area contributed by atoms with Crippen molar-refractivity contribution < 1.29 is 27.5 Å². The standard InChI is InChI=1S/C18H18F2N2O4/c19-12-3-4-13(14(20)10-12)15-11-21-16(26-15)5-6-18(24)25-9-8-22-7-1-2-17(22)23/h3-4,10-11H,1-2,5-9H2. The lowest BCUT2D eigenvalue weighted by atomic mass is 10.2. The van der Waals surface area contributed by atoms with Crippen LogP contribution in [0.5, 0.6) is 0 Å². The number of ether oxygens (including phenoxy) is 1. The van der Waals surface area contributed by atoms with Crippen LogP contribution in [0.1, 0.15) is 25.2 Å². The molecule has 0 spiro atoms. The second kappa shape index (κ2) is 8.07. The molecule has 0 atom stereocenters. The van der Waals surface area contributed by atoms with Gasteiger partial charge in [-0.2, -0.15) is 0 Å². The fourth-order valence-corrected chi connectivity index (χ4v) is 2.73. The van der Waals surface area contributed by atoms with E-state index in [1.54, 1.807) is 4.90 Å². The van der Waals surface area contributed by atoms with Gasteiger partial charge in [0.1, 0.15) is 18.2 Å². The van der Waals surface area contributed by atoms with Crippen LogP contribution in [-0.2, 0) is 20.7 Å². The van der Waals surface area contributed by atoms with Crippen LogP contribution in [0.2, 0.25) is 0 Å². The van der Waals surface area contributed by atoms with E-state index < -0.39 is 17.6 Å². The summed E-state index contributed by atoms with van der Waals surface area (Å²) in [7, 11) is 0. The lowest BCUT2D eigenvalue weighted by Crippen LogP contribution is -2.29. The first kappa shape index (κ1) is 18.0. The number of oxazole rings is 1. The first-order chi connectivity index (χ1) is 12.5. The zero-order chi connectivity index (χ0) is 18.5. The van der Waals surface area contributed by atoms with E-state index in [0.29, 0.717) is 19.5 Å². The van der Waals surface area contributed by atoms with Crippen LogP contribution in [0.25, 0.3) is 11.3 Å². The van der Waals surface area contributed by atoms with Gasteiger partial charge in [-0.15, -0.1) is 0 Å². The predicted octanol–water partition coefficient (Wildman–Crippen LogP) is 2.72. The van der Waals surface area contributed by atoms with Gasteiger partial charge in [-0.25, -0.2) is 13.8 Å². The summed E-state index contributed by atoms with van der Waals surface area (Å²) < 4.78 is 37.2. The monoisotopic (exact) mass is 364 g/mol. The number of benzene rings is 1. The zero-order valence-corrected chi connectivity index (χ0v) is 14.0. The highest BCUT2D eigenvalue weighted by Gasteiger charge is 2.20. The molecule has 3 rings (SSSR count). The van der Waals surface area contributed by atoms with Crippen molar-refractivity contribution in [1.82, 2.24) is 9.88 Å².